The fourth-order valence-electron chi connectivity index (χ4n) is 1.33. The van der Waals surface area contributed by atoms with E-state index in [1.54, 1.807) is 0 Å². The van der Waals surface area contributed by atoms with Gasteiger partial charge in [-0.25, -0.2) is 0 Å². The molecule has 1 aliphatic rings. The molecule has 0 aliphatic carbocycles. The Kier molecular flexibility index (Phi) is 1.87. The first-order valence-electron chi connectivity index (χ1n) is 4.08. The standard InChI is InChI=1S/C9H11NO2/c10-6-7-2-1-3-8-9(7)12-5-4-11-8/h1-3H,4-6,10H2/p+1. The van der Waals surface area contributed by atoms with Gasteiger partial charge in [0.2, 0.25) is 0 Å². The first-order chi connectivity index (χ1) is 5.92. The van der Waals surface area contributed by atoms with Crippen molar-refractivity contribution in [2.24, 2.45) is 0 Å². The topological polar surface area (TPSA) is 46.1 Å². The third-order valence-corrected chi connectivity index (χ3v) is 1.92. The number of para-hydroxylation sites is 1. The van der Waals surface area contributed by atoms with Crippen molar-refractivity contribution in [2.75, 3.05) is 13.2 Å². The van der Waals surface area contributed by atoms with Gasteiger partial charge in [-0.2, -0.15) is 0 Å². The minimum absolute atomic E-state index is 0.643. The SMILES string of the molecule is [NH3+]Cc1cccc2c1OCCO2. The Morgan fingerprint density at radius 3 is 2.92 bits per heavy atom. The second-order valence-electron chi connectivity index (χ2n) is 2.69. The van der Waals surface area contributed by atoms with Gasteiger partial charge in [-0.1, -0.05) is 6.07 Å². The molecule has 1 aromatic rings. The lowest BCUT2D eigenvalue weighted by atomic mass is 10.2. The molecule has 1 heterocycles. The summed E-state index contributed by atoms with van der Waals surface area (Å²) in [5.41, 5.74) is 4.95. The average Bonchev–Trinajstić information content (AvgIpc) is 2.17. The summed E-state index contributed by atoms with van der Waals surface area (Å²) in [6.45, 7) is 2.03. The van der Waals surface area contributed by atoms with E-state index in [1.807, 2.05) is 18.2 Å². The molecular weight excluding hydrogens is 154 g/mol. The Morgan fingerprint density at radius 2 is 2.08 bits per heavy atom. The van der Waals surface area contributed by atoms with Crippen LogP contribution in [0.5, 0.6) is 11.5 Å². The Hall–Kier alpha value is -1.22. The highest BCUT2D eigenvalue weighted by Gasteiger charge is 2.14. The van der Waals surface area contributed by atoms with Gasteiger partial charge in [-0.3, -0.25) is 0 Å². The second-order valence-corrected chi connectivity index (χ2v) is 2.69. The summed E-state index contributed by atoms with van der Waals surface area (Å²) in [6.07, 6.45) is 0. The number of benzene rings is 1. The third-order valence-electron chi connectivity index (χ3n) is 1.92. The third kappa shape index (κ3) is 1.12. The van der Waals surface area contributed by atoms with E-state index in [9.17, 15) is 0 Å². The van der Waals surface area contributed by atoms with Crippen LogP contribution in [0.3, 0.4) is 0 Å². The molecule has 0 fully saturated rings. The average molecular weight is 166 g/mol. The Bertz CT molecular complexity index is 272. The molecule has 3 N–H and O–H groups in total. The van der Waals surface area contributed by atoms with E-state index in [-0.39, 0.29) is 0 Å². The van der Waals surface area contributed by atoms with Crippen molar-refractivity contribution in [3.05, 3.63) is 23.8 Å². The van der Waals surface area contributed by atoms with E-state index >= 15 is 0 Å². The van der Waals surface area contributed by atoms with Gasteiger partial charge in [-0.15, -0.1) is 0 Å². The summed E-state index contributed by atoms with van der Waals surface area (Å²) in [5.74, 6) is 1.72. The van der Waals surface area contributed by atoms with Crippen LogP contribution in [-0.4, -0.2) is 13.2 Å². The van der Waals surface area contributed by atoms with Crippen LogP contribution in [0.4, 0.5) is 0 Å². The summed E-state index contributed by atoms with van der Waals surface area (Å²) in [7, 11) is 0. The number of quaternary nitrogens is 1. The Labute approximate surface area is 71.1 Å². The molecule has 1 aromatic carbocycles. The highest BCUT2D eigenvalue weighted by molar-refractivity contribution is 5.46. The summed E-state index contributed by atoms with van der Waals surface area (Å²) in [6, 6.07) is 5.90. The molecule has 0 saturated heterocycles. The molecule has 3 nitrogen and oxygen atoms in total. The highest BCUT2D eigenvalue weighted by Crippen LogP contribution is 2.32. The smallest absolute Gasteiger partial charge is 0.170 e. The van der Waals surface area contributed by atoms with Crippen LogP contribution >= 0.6 is 0 Å². The zero-order valence-electron chi connectivity index (χ0n) is 6.88. The minimum atomic E-state index is 0.643. The van der Waals surface area contributed by atoms with Crippen molar-refractivity contribution >= 4 is 0 Å². The molecule has 0 spiro atoms. The summed E-state index contributed by atoms with van der Waals surface area (Å²) in [4.78, 5) is 0. The van der Waals surface area contributed by atoms with Crippen LogP contribution in [-0.2, 0) is 6.54 Å². The van der Waals surface area contributed by atoms with Gasteiger partial charge < -0.3 is 15.2 Å². The molecule has 0 atom stereocenters. The molecule has 0 aromatic heterocycles. The lowest BCUT2D eigenvalue weighted by Gasteiger charge is -2.19. The van der Waals surface area contributed by atoms with Crippen LogP contribution in [0, 0.1) is 0 Å². The summed E-state index contributed by atoms with van der Waals surface area (Å²) >= 11 is 0. The molecule has 0 amide bonds. The maximum absolute atomic E-state index is 5.48. The van der Waals surface area contributed by atoms with Gasteiger partial charge in [-0.05, 0) is 12.1 Å². The maximum atomic E-state index is 5.48. The second kappa shape index (κ2) is 3.03. The maximum Gasteiger partial charge on any atom is 0.170 e. The van der Waals surface area contributed by atoms with Gasteiger partial charge in [0.05, 0.1) is 5.56 Å². The van der Waals surface area contributed by atoms with Crippen molar-refractivity contribution in [3.63, 3.8) is 0 Å². The summed E-state index contributed by atoms with van der Waals surface area (Å²) < 4.78 is 10.9. The van der Waals surface area contributed by atoms with Gasteiger partial charge in [0.1, 0.15) is 19.8 Å². The van der Waals surface area contributed by atoms with E-state index in [1.165, 1.54) is 0 Å². The van der Waals surface area contributed by atoms with Gasteiger partial charge in [0.25, 0.3) is 0 Å². The van der Waals surface area contributed by atoms with E-state index in [0.29, 0.717) is 13.2 Å². The quantitative estimate of drug-likeness (QED) is 0.647. The largest absolute Gasteiger partial charge is 0.486 e. The van der Waals surface area contributed by atoms with E-state index in [4.69, 9.17) is 9.47 Å². The Balaban J connectivity index is 2.44. The zero-order valence-corrected chi connectivity index (χ0v) is 6.88. The number of fused-ring (bicyclic) bond motifs is 1. The van der Waals surface area contributed by atoms with Crippen molar-refractivity contribution < 1.29 is 15.2 Å². The van der Waals surface area contributed by atoms with E-state index in [0.717, 1.165) is 23.6 Å². The van der Waals surface area contributed by atoms with Gasteiger partial charge in [0, 0.05) is 0 Å². The zero-order chi connectivity index (χ0) is 8.39. The number of hydrogen-bond donors (Lipinski definition) is 1. The van der Waals surface area contributed by atoms with Crippen LogP contribution < -0.4 is 15.2 Å². The molecule has 12 heavy (non-hydrogen) atoms. The first-order valence-corrected chi connectivity index (χ1v) is 4.08. The molecule has 0 unspecified atom stereocenters. The summed E-state index contributed by atoms with van der Waals surface area (Å²) in [5, 5.41) is 0. The lowest BCUT2D eigenvalue weighted by Crippen LogP contribution is -2.47. The molecule has 2 rings (SSSR count). The Morgan fingerprint density at radius 1 is 1.25 bits per heavy atom. The van der Waals surface area contributed by atoms with Crippen molar-refractivity contribution in [3.8, 4) is 11.5 Å². The molecule has 3 heteroatoms. The molecule has 0 bridgehead atoms. The van der Waals surface area contributed by atoms with E-state index < -0.39 is 0 Å². The molecule has 1 aliphatic heterocycles. The first kappa shape index (κ1) is 7.43. The van der Waals surface area contributed by atoms with Crippen LogP contribution in [0.15, 0.2) is 18.2 Å². The van der Waals surface area contributed by atoms with E-state index in [2.05, 4.69) is 5.73 Å². The molecular formula is C9H12NO2+. The number of ether oxygens (including phenoxy) is 2. The predicted octanol–water partition coefficient (Wildman–Crippen LogP) is 0.200. The van der Waals surface area contributed by atoms with Crippen LogP contribution in [0.1, 0.15) is 5.56 Å². The van der Waals surface area contributed by atoms with Crippen molar-refractivity contribution in [2.45, 2.75) is 6.54 Å². The van der Waals surface area contributed by atoms with Gasteiger partial charge >= 0.3 is 0 Å². The van der Waals surface area contributed by atoms with Gasteiger partial charge in [0.15, 0.2) is 11.5 Å². The normalized spacial score (nSPS) is 14.4. The number of rotatable bonds is 1. The minimum Gasteiger partial charge on any atom is -0.486 e. The predicted molar refractivity (Wildman–Crippen MR) is 44.0 cm³/mol. The molecule has 0 saturated carbocycles. The fourth-order valence-corrected chi connectivity index (χ4v) is 1.33. The fraction of sp³-hybridized carbons (Fsp3) is 0.333. The highest BCUT2D eigenvalue weighted by atomic mass is 16.6. The lowest BCUT2D eigenvalue weighted by molar-refractivity contribution is -0.386. The molecule has 0 radical (unpaired) electrons. The number of hydrogen-bond acceptors (Lipinski definition) is 2. The van der Waals surface area contributed by atoms with Crippen molar-refractivity contribution in [1.29, 1.82) is 0 Å². The van der Waals surface area contributed by atoms with Crippen LogP contribution in [0.25, 0.3) is 0 Å². The van der Waals surface area contributed by atoms with Crippen molar-refractivity contribution in [1.82, 2.24) is 0 Å². The monoisotopic (exact) mass is 166 g/mol. The van der Waals surface area contributed by atoms with Crippen LogP contribution in [0.2, 0.25) is 0 Å². The molecule has 64 valence electrons.